The molecule has 29 heavy (non-hydrogen) atoms. The molecule has 0 unspecified atom stereocenters. The molecule has 0 spiro atoms. The minimum Gasteiger partial charge on any atom is -0.394 e. The number of aliphatic hydroxyl groups excluding tert-OH is 8. The van der Waals surface area contributed by atoms with Crippen LogP contribution in [0.5, 0.6) is 0 Å². The lowest BCUT2D eigenvalue weighted by atomic mass is 9.98. The normalized spacial score (nSPS) is 43.4. The molecule has 0 amide bonds. The Kier molecular flexibility index (Phi) is 7.45. The van der Waals surface area contributed by atoms with Crippen molar-refractivity contribution in [3.8, 4) is 0 Å². The number of hydrogen-bond acceptors (Lipinski definition) is 13. The molecule has 166 valence electrons. The molecule has 1 aromatic rings. The maximum atomic E-state index is 10.1. The molecule has 2 saturated heterocycles. The Morgan fingerprint density at radius 2 is 1.41 bits per heavy atom. The highest BCUT2D eigenvalue weighted by Gasteiger charge is 2.45. The van der Waals surface area contributed by atoms with Crippen molar-refractivity contribution in [1.29, 1.82) is 0 Å². The first-order valence-corrected chi connectivity index (χ1v) is 9.96. The van der Waals surface area contributed by atoms with Gasteiger partial charge in [0, 0.05) is 5.75 Å². The first-order valence-electron chi connectivity index (χ1n) is 8.91. The number of nitrogens with zero attached hydrogens (tertiary/aromatic N) is 3. The molecule has 0 bridgehead atoms. The molecule has 0 aromatic carbocycles. The number of rotatable bonds is 6. The Morgan fingerprint density at radius 1 is 0.828 bits per heavy atom. The zero-order valence-corrected chi connectivity index (χ0v) is 15.9. The number of aliphatic hydroxyl groups is 8. The van der Waals surface area contributed by atoms with Crippen LogP contribution >= 0.6 is 11.8 Å². The lowest BCUT2D eigenvalue weighted by Gasteiger charge is -2.39. The third kappa shape index (κ3) is 4.57. The fourth-order valence-electron chi connectivity index (χ4n) is 3.18. The first kappa shape index (κ1) is 22.8. The Hall–Kier alpha value is -0.910. The molecule has 0 aliphatic carbocycles. The molecule has 13 nitrogen and oxygen atoms in total. The van der Waals surface area contributed by atoms with Crippen LogP contribution in [0.15, 0.2) is 6.20 Å². The smallest absolute Gasteiger partial charge is 0.180 e. The van der Waals surface area contributed by atoms with E-state index in [-0.39, 0.29) is 5.75 Å². The molecule has 2 fully saturated rings. The highest BCUT2D eigenvalue weighted by molar-refractivity contribution is 7.99. The van der Waals surface area contributed by atoms with Crippen LogP contribution in [-0.4, -0.2) is 123 Å². The molecule has 0 radical (unpaired) electrons. The van der Waals surface area contributed by atoms with Gasteiger partial charge in [-0.25, -0.2) is 4.68 Å². The monoisotopic (exact) mass is 439 g/mol. The van der Waals surface area contributed by atoms with E-state index in [0.717, 1.165) is 16.4 Å². The summed E-state index contributed by atoms with van der Waals surface area (Å²) in [5.74, 6) is 0.153. The van der Waals surface area contributed by atoms with Gasteiger partial charge in [-0.2, -0.15) is 0 Å². The van der Waals surface area contributed by atoms with Gasteiger partial charge in [0.2, 0.25) is 0 Å². The van der Waals surface area contributed by atoms with Gasteiger partial charge in [-0.05, 0) is 0 Å². The molecule has 8 N–H and O–H groups in total. The topological polar surface area (TPSA) is 211 Å². The Bertz CT molecular complexity index is 664. The van der Waals surface area contributed by atoms with Gasteiger partial charge < -0.3 is 50.3 Å². The number of hydrogen-bond donors (Lipinski definition) is 8. The average Bonchev–Trinajstić information content (AvgIpc) is 3.19. The van der Waals surface area contributed by atoms with E-state index in [1.165, 1.54) is 6.20 Å². The van der Waals surface area contributed by atoms with Gasteiger partial charge in [-0.15, -0.1) is 16.9 Å². The van der Waals surface area contributed by atoms with E-state index in [0.29, 0.717) is 5.69 Å². The summed E-state index contributed by atoms with van der Waals surface area (Å²) >= 11 is 1.05. The highest BCUT2D eigenvalue weighted by atomic mass is 32.2. The van der Waals surface area contributed by atoms with Crippen molar-refractivity contribution in [2.24, 2.45) is 0 Å². The summed E-state index contributed by atoms with van der Waals surface area (Å²) < 4.78 is 11.9. The van der Waals surface area contributed by atoms with Crippen LogP contribution in [0.1, 0.15) is 11.9 Å². The second kappa shape index (κ2) is 9.49. The van der Waals surface area contributed by atoms with Crippen LogP contribution in [0.3, 0.4) is 0 Å². The van der Waals surface area contributed by atoms with Crippen molar-refractivity contribution in [1.82, 2.24) is 15.0 Å². The van der Waals surface area contributed by atoms with E-state index in [2.05, 4.69) is 10.3 Å². The standard InChI is InChI=1S/C15H25N3O10S/c19-2-6-8(21)10(23)12(25)14(27-6)18-1-5(16-17-18)4-29-15-13(26)11(24)9(22)7(3-20)28-15/h1,6-15,19-26H,2-4H2/t6-,7-,8-,9+,10+,11+,12-,13-,14-,15+/m1/s1. The van der Waals surface area contributed by atoms with Crippen LogP contribution < -0.4 is 0 Å². The molecular formula is C15H25N3O10S. The summed E-state index contributed by atoms with van der Waals surface area (Å²) in [6.45, 7) is -1.11. The summed E-state index contributed by atoms with van der Waals surface area (Å²) in [5.41, 5.74) is -0.563. The zero-order valence-electron chi connectivity index (χ0n) is 15.1. The molecule has 0 saturated carbocycles. The lowest BCUT2D eigenvalue weighted by molar-refractivity contribution is -0.254. The van der Waals surface area contributed by atoms with Gasteiger partial charge in [0.1, 0.15) is 54.3 Å². The summed E-state index contributed by atoms with van der Waals surface area (Å²) in [5, 5.41) is 85.7. The van der Waals surface area contributed by atoms with Crippen LogP contribution in [0.4, 0.5) is 0 Å². The van der Waals surface area contributed by atoms with Crippen molar-refractivity contribution in [3.63, 3.8) is 0 Å². The molecule has 2 aliphatic heterocycles. The fraction of sp³-hybridized carbons (Fsp3) is 0.867. The number of aromatic nitrogens is 3. The predicted octanol–water partition coefficient (Wildman–Crippen LogP) is -4.72. The molecule has 3 rings (SSSR count). The second-order valence-corrected chi connectivity index (χ2v) is 8.00. The van der Waals surface area contributed by atoms with Crippen LogP contribution in [0.25, 0.3) is 0 Å². The summed E-state index contributed by atoms with van der Waals surface area (Å²) in [4.78, 5) is 0. The van der Waals surface area contributed by atoms with Crippen molar-refractivity contribution in [3.05, 3.63) is 11.9 Å². The lowest BCUT2D eigenvalue weighted by Crippen LogP contribution is -2.57. The summed E-state index contributed by atoms with van der Waals surface area (Å²) in [6.07, 6.45) is -10.8. The minimum absolute atomic E-state index is 0.153. The van der Waals surface area contributed by atoms with Gasteiger partial charge in [-0.1, -0.05) is 5.21 Å². The zero-order chi connectivity index (χ0) is 21.3. The molecular weight excluding hydrogens is 414 g/mol. The molecule has 2 aliphatic rings. The maximum Gasteiger partial charge on any atom is 0.180 e. The highest BCUT2D eigenvalue weighted by Crippen LogP contribution is 2.31. The quantitative estimate of drug-likeness (QED) is 0.210. The van der Waals surface area contributed by atoms with Crippen molar-refractivity contribution in [2.75, 3.05) is 13.2 Å². The first-order chi connectivity index (χ1) is 13.8. The van der Waals surface area contributed by atoms with E-state index < -0.39 is 73.7 Å². The Labute approximate surface area is 169 Å². The minimum atomic E-state index is -1.55. The van der Waals surface area contributed by atoms with Gasteiger partial charge >= 0.3 is 0 Å². The number of thioether (sulfide) groups is 1. The Balaban J connectivity index is 1.63. The van der Waals surface area contributed by atoms with Crippen LogP contribution in [0, 0.1) is 0 Å². The molecule has 14 heteroatoms. The number of ether oxygens (including phenoxy) is 2. The predicted molar refractivity (Wildman–Crippen MR) is 94.1 cm³/mol. The second-order valence-electron chi connectivity index (χ2n) is 6.92. The average molecular weight is 439 g/mol. The molecule has 10 atom stereocenters. The van der Waals surface area contributed by atoms with E-state index in [4.69, 9.17) is 9.47 Å². The van der Waals surface area contributed by atoms with Crippen molar-refractivity contribution >= 4 is 11.8 Å². The van der Waals surface area contributed by atoms with Crippen LogP contribution in [-0.2, 0) is 15.2 Å². The van der Waals surface area contributed by atoms with E-state index in [1.807, 2.05) is 0 Å². The third-order valence-corrected chi connectivity index (χ3v) is 6.11. The van der Waals surface area contributed by atoms with E-state index >= 15 is 0 Å². The largest absolute Gasteiger partial charge is 0.394 e. The van der Waals surface area contributed by atoms with Crippen LogP contribution in [0.2, 0.25) is 0 Å². The summed E-state index contributed by atoms with van der Waals surface area (Å²) in [7, 11) is 0. The van der Waals surface area contributed by atoms with E-state index in [9.17, 15) is 40.9 Å². The van der Waals surface area contributed by atoms with Crippen molar-refractivity contribution < 1.29 is 50.3 Å². The third-order valence-electron chi connectivity index (χ3n) is 4.93. The SMILES string of the molecule is OC[C@H]1O[C@@H](SCc2cn([C@@H]3O[C@H](CO)[C@@H](O)[C@H](O)[C@H]3O)nn2)[C@H](O)[C@@H](O)[C@H]1O. The van der Waals surface area contributed by atoms with Gasteiger partial charge in [0.25, 0.3) is 0 Å². The molecule has 3 heterocycles. The van der Waals surface area contributed by atoms with Gasteiger partial charge in [-0.3, -0.25) is 0 Å². The van der Waals surface area contributed by atoms with Crippen molar-refractivity contribution in [2.45, 2.75) is 66.2 Å². The maximum absolute atomic E-state index is 10.1. The summed E-state index contributed by atoms with van der Waals surface area (Å²) in [6, 6.07) is 0. The molecule has 1 aromatic heterocycles. The fourth-order valence-corrected chi connectivity index (χ4v) is 4.22. The van der Waals surface area contributed by atoms with Gasteiger partial charge in [0.15, 0.2) is 6.23 Å². The van der Waals surface area contributed by atoms with E-state index in [1.54, 1.807) is 0 Å². The van der Waals surface area contributed by atoms with Gasteiger partial charge in [0.05, 0.1) is 25.1 Å². The Morgan fingerprint density at radius 3 is 2.03 bits per heavy atom.